The van der Waals surface area contributed by atoms with Gasteiger partial charge in [0.15, 0.2) is 0 Å². The number of nitrogens with one attached hydrogen (secondary N) is 1. The van der Waals surface area contributed by atoms with Crippen molar-refractivity contribution in [3.8, 4) is 5.75 Å². The molecule has 0 atom stereocenters. The highest BCUT2D eigenvalue weighted by Gasteiger charge is 2.09. The molecule has 0 saturated heterocycles. The Kier molecular flexibility index (Phi) is 4.18. The van der Waals surface area contributed by atoms with Crippen LogP contribution in [0.3, 0.4) is 0 Å². The Bertz CT molecular complexity index is 837. The topological polar surface area (TPSA) is 63.2 Å². The molecule has 3 aromatic rings. The van der Waals surface area contributed by atoms with Crippen molar-refractivity contribution in [3.63, 3.8) is 0 Å². The number of rotatable bonds is 5. The molecular formula is C16H16ClN3O2. The third kappa shape index (κ3) is 2.73. The predicted molar refractivity (Wildman–Crippen MR) is 84.9 cm³/mol. The fourth-order valence-corrected chi connectivity index (χ4v) is 2.58. The van der Waals surface area contributed by atoms with Gasteiger partial charge in [-0.2, -0.15) is 0 Å². The maximum atomic E-state index is 9.45. The van der Waals surface area contributed by atoms with E-state index in [0.717, 1.165) is 16.8 Å². The minimum absolute atomic E-state index is 0.218. The Balaban J connectivity index is 1.81. The highest BCUT2D eigenvalue weighted by atomic mass is 35.5. The second-order valence-electron chi connectivity index (χ2n) is 4.84. The lowest BCUT2D eigenvalue weighted by molar-refractivity contribution is 0.206. The summed E-state index contributed by atoms with van der Waals surface area (Å²) in [4.78, 5) is 0. The SMILES string of the molecule is N=c1n(CO)c2ccccc2n1CCOc1ccc(Cl)cc1. The fraction of sp³-hybridized carbons (Fsp3) is 0.188. The molecule has 2 aromatic carbocycles. The van der Waals surface area contributed by atoms with Crippen LogP contribution in [0.15, 0.2) is 48.5 Å². The number of benzene rings is 2. The Hall–Kier alpha value is -2.24. The first kappa shape index (κ1) is 14.7. The van der Waals surface area contributed by atoms with Crippen LogP contribution in [-0.4, -0.2) is 20.8 Å². The third-order valence-electron chi connectivity index (χ3n) is 3.51. The van der Waals surface area contributed by atoms with Crippen LogP contribution >= 0.6 is 11.6 Å². The number of imidazole rings is 1. The smallest absolute Gasteiger partial charge is 0.205 e. The first-order chi connectivity index (χ1) is 10.7. The van der Waals surface area contributed by atoms with Gasteiger partial charge in [-0.05, 0) is 36.4 Å². The van der Waals surface area contributed by atoms with Gasteiger partial charge in [-0.25, -0.2) is 0 Å². The molecule has 0 bridgehead atoms. The molecule has 1 aromatic heterocycles. The second kappa shape index (κ2) is 6.25. The first-order valence-corrected chi connectivity index (χ1v) is 7.30. The molecule has 2 N–H and O–H groups in total. The second-order valence-corrected chi connectivity index (χ2v) is 5.27. The molecular weight excluding hydrogens is 302 g/mol. The van der Waals surface area contributed by atoms with Crippen molar-refractivity contribution in [2.45, 2.75) is 13.3 Å². The number of halogens is 1. The number of hydrogen-bond acceptors (Lipinski definition) is 3. The number of para-hydroxylation sites is 2. The van der Waals surface area contributed by atoms with E-state index in [1.165, 1.54) is 0 Å². The molecule has 0 aliphatic carbocycles. The number of aliphatic hydroxyl groups excluding tert-OH is 1. The monoisotopic (exact) mass is 317 g/mol. The van der Waals surface area contributed by atoms with E-state index in [4.69, 9.17) is 21.7 Å². The van der Waals surface area contributed by atoms with Crippen LogP contribution in [0, 0.1) is 5.41 Å². The summed E-state index contributed by atoms with van der Waals surface area (Å²) in [6.07, 6.45) is 0. The molecule has 0 fully saturated rings. The number of hydrogen-bond donors (Lipinski definition) is 2. The lowest BCUT2D eigenvalue weighted by Gasteiger charge is -2.08. The van der Waals surface area contributed by atoms with Crippen molar-refractivity contribution < 1.29 is 9.84 Å². The zero-order chi connectivity index (χ0) is 15.5. The first-order valence-electron chi connectivity index (χ1n) is 6.92. The van der Waals surface area contributed by atoms with E-state index in [0.29, 0.717) is 18.2 Å². The lowest BCUT2D eigenvalue weighted by Crippen LogP contribution is -2.26. The van der Waals surface area contributed by atoms with Crippen molar-refractivity contribution in [3.05, 3.63) is 59.2 Å². The van der Waals surface area contributed by atoms with Crippen molar-refractivity contribution in [2.75, 3.05) is 6.61 Å². The van der Waals surface area contributed by atoms with Gasteiger partial charge in [-0.3, -0.25) is 9.98 Å². The predicted octanol–water partition coefficient (Wildman–Crippen LogP) is 2.60. The number of nitrogens with zero attached hydrogens (tertiary/aromatic N) is 2. The van der Waals surface area contributed by atoms with E-state index in [9.17, 15) is 5.11 Å². The van der Waals surface area contributed by atoms with E-state index < -0.39 is 0 Å². The molecule has 114 valence electrons. The van der Waals surface area contributed by atoms with Crippen molar-refractivity contribution >= 4 is 22.6 Å². The van der Waals surface area contributed by atoms with Gasteiger partial charge in [0.1, 0.15) is 19.1 Å². The standard InChI is InChI=1S/C16H16ClN3O2/c17-12-5-7-13(8-6-12)22-10-9-19-14-3-1-2-4-15(14)20(11-21)16(19)18/h1-8,18,21H,9-11H2. The van der Waals surface area contributed by atoms with E-state index in [1.54, 1.807) is 16.7 Å². The quantitative estimate of drug-likeness (QED) is 0.760. The minimum Gasteiger partial charge on any atom is -0.492 e. The molecule has 22 heavy (non-hydrogen) atoms. The van der Waals surface area contributed by atoms with E-state index in [1.807, 2.05) is 41.0 Å². The Labute approximate surface area is 132 Å². The Morgan fingerprint density at radius 3 is 2.27 bits per heavy atom. The molecule has 0 amide bonds. The molecule has 0 unspecified atom stereocenters. The van der Waals surface area contributed by atoms with Gasteiger partial charge in [-0.15, -0.1) is 0 Å². The third-order valence-corrected chi connectivity index (χ3v) is 3.77. The largest absolute Gasteiger partial charge is 0.492 e. The van der Waals surface area contributed by atoms with Gasteiger partial charge in [-0.1, -0.05) is 23.7 Å². The van der Waals surface area contributed by atoms with Gasteiger partial charge < -0.3 is 14.4 Å². The normalized spacial score (nSPS) is 11.0. The van der Waals surface area contributed by atoms with Crippen LogP contribution in [0.25, 0.3) is 11.0 Å². The Morgan fingerprint density at radius 1 is 1.00 bits per heavy atom. The van der Waals surface area contributed by atoms with Crippen LogP contribution in [0.5, 0.6) is 5.75 Å². The molecule has 0 radical (unpaired) electrons. The molecule has 1 heterocycles. The molecule has 0 saturated carbocycles. The summed E-state index contributed by atoms with van der Waals surface area (Å²) in [5, 5.41) is 18.3. The van der Waals surface area contributed by atoms with Gasteiger partial charge in [0.25, 0.3) is 0 Å². The maximum Gasteiger partial charge on any atom is 0.205 e. The number of aliphatic hydroxyl groups is 1. The zero-order valence-electron chi connectivity index (χ0n) is 11.9. The minimum atomic E-state index is -0.218. The summed E-state index contributed by atoms with van der Waals surface area (Å²) in [5.74, 6) is 0.738. The molecule has 0 aliphatic rings. The van der Waals surface area contributed by atoms with Crippen LogP contribution in [-0.2, 0) is 13.3 Å². The molecule has 0 aliphatic heterocycles. The maximum absolute atomic E-state index is 9.45. The number of fused-ring (bicyclic) bond motifs is 1. The summed E-state index contributed by atoms with van der Waals surface area (Å²) in [6.45, 7) is 0.733. The van der Waals surface area contributed by atoms with Crippen molar-refractivity contribution in [2.24, 2.45) is 0 Å². The molecule has 5 nitrogen and oxygen atoms in total. The highest BCUT2D eigenvalue weighted by molar-refractivity contribution is 6.30. The van der Waals surface area contributed by atoms with Gasteiger partial charge in [0, 0.05) is 5.02 Å². The van der Waals surface area contributed by atoms with Crippen molar-refractivity contribution in [1.82, 2.24) is 9.13 Å². The molecule has 3 rings (SSSR count). The molecule has 0 spiro atoms. The van der Waals surface area contributed by atoms with Crippen LogP contribution in [0.1, 0.15) is 0 Å². The fourth-order valence-electron chi connectivity index (χ4n) is 2.45. The summed E-state index contributed by atoms with van der Waals surface area (Å²) >= 11 is 5.84. The average Bonchev–Trinajstić information content (AvgIpc) is 2.81. The van der Waals surface area contributed by atoms with Gasteiger partial charge in [0.05, 0.1) is 17.6 Å². The summed E-state index contributed by atoms with van der Waals surface area (Å²) in [7, 11) is 0. The van der Waals surface area contributed by atoms with Crippen LogP contribution in [0.2, 0.25) is 5.02 Å². The zero-order valence-corrected chi connectivity index (χ0v) is 12.6. The summed E-state index contributed by atoms with van der Waals surface area (Å²) < 4.78 is 9.05. The molecule has 6 heteroatoms. The van der Waals surface area contributed by atoms with E-state index in [-0.39, 0.29) is 12.3 Å². The van der Waals surface area contributed by atoms with Gasteiger partial charge >= 0.3 is 0 Å². The summed E-state index contributed by atoms with van der Waals surface area (Å²) in [6, 6.07) is 14.8. The van der Waals surface area contributed by atoms with Crippen LogP contribution in [0.4, 0.5) is 0 Å². The van der Waals surface area contributed by atoms with Gasteiger partial charge in [0.2, 0.25) is 5.62 Å². The summed E-state index contributed by atoms with van der Waals surface area (Å²) in [5.41, 5.74) is 1.99. The van der Waals surface area contributed by atoms with E-state index in [2.05, 4.69) is 0 Å². The lowest BCUT2D eigenvalue weighted by atomic mass is 10.3. The van der Waals surface area contributed by atoms with Crippen LogP contribution < -0.4 is 10.4 Å². The number of aromatic nitrogens is 2. The van der Waals surface area contributed by atoms with E-state index >= 15 is 0 Å². The number of ether oxygens (including phenoxy) is 1. The average molecular weight is 318 g/mol. The Morgan fingerprint density at radius 2 is 1.64 bits per heavy atom. The highest BCUT2D eigenvalue weighted by Crippen LogP contribution is 2.16. The van der Waals surface area contributed by atoms with Crippen molar-refractivity contribution in [1.29, 1.82) is 5.41 Å².